The Bertz CT molecular complexity index is 1700. The van der Waals surface area contributed by atoms with Crippen LogP contribution in [0.3, 0.4) is 0 Å². The van der Waals surface area contributed by atoms with Gasteiger partial charge in [-0.25, -0.2) is 9.97 Å². The minimum Gasteiger partial charge on any atom is -0.482 e. The molecule has 2 aliphatic rings. The quantitative estimate of drug-likeness (QED) is 0.349. The number of carbonyl (C=O) groups is 2. The highest BCUT2D eigenvalue weighted by atomic mass is 16.5. The van der Waals surface area contributed by atoms with Crippen molar-refractivity contribution in [1.82, 2.24) is 29.2 Å². The second-order valence-electron chi connectivity index (χ2n) is 12.9. The van der Waals surface area contributed by atoms with Crippen LogP contribution >= 0.6 is 0 Å². The maximum absolute atomic E-state index is 13.5. The summed E-state index contributed by atoms with van der Waals surface area (Å²) in [5.41, 5.74) is 11.4. The van der Waals surface area contributed by atoms with Crippen molar-refractivity contribution in [3.63, 3.8) is 0 Å². The van der Waals surface area contributed by atoms with Gasteiger partial charge in [0, 0.05) is 48.1 Å². The molecule has 0 unspecified atom stereocenters. The first kappa shape index (κ1) is 29.2. The third kappa shape index (κ3) is 5.37. The number of imidazole rings is 1. The van der Waals surface area contributed by atoms with Gasteiger partial charge >= 0.3 is 0 Å². The average Bonchev–Trinajstić information content (AvgIpc) is 3.52. The number of hydrogen-bond donors (Lipinski definition) is 2. The SMILES string of the molecule is COc1cc(C(=O)N2CCC[C@@H](N)C2)cc2nc(-c3cc4ccc5nc4n3CCCCCC(C)(C)C(=O)N[C@@H]5C)c(C)n12. The van der Waals surface area contributed by atoms with E-state index in [1.54, 1.807) is 13.2 Å². The lowest BCUT2D eigenvalue weighted by molar-refractivity contribution is -0.130. The van der Waals surface area contributed by atoms with E-state index in [0.29, 0.717) is 30.2 Å². The van der Waals surface area contributed by atoms with Gasteiger partial charge in [0.1, 0.15) is 17.0 Å². The van der Waals surface area contributed by atoms with Gasteiger partial charge in [0.2, 0.25) is 5.91 Å². The number of aryl methyl sites for hydroxylation is 2. The molecule has 1 saturated heterocycles. The summed E-state index contributed by atoms with van der Waals surface area (Å²) in [6, 6.07) is 9.67. The minimum atomic E-state index is -0.431. The van der Waals surface area contributed by atoms with Gasteiger partial charge in [-0.1, -0.05) is 26.7 Å². The number of hydrogen-bond acceptors (Lipinski definition) is 6. The summed E-state index contributed by atoms with van der Waals surface area (Å²) in [6.07, 6.45) is 5.62. The highest BCUT2D eigenvalue weighted by Crippen LogP contribution is 2.34. The molecule has 228 valence electrons. The number of methoxy groups -OCH3 is 1. The van der Waals surface area contributed by atoms with Gasteiger partial charge in [-0.3, -0.25) is 14.0 Å². The number of likely N-dealkylation sites (tertiary alicyclic amines) is 1. The zero-order valence-corrected chi connectivity index (χ0v) is 25.9. The molecule has 3 N–H and O–H groups in total. The fourth-order valence-electron chi connectivity index (χ4n) is 6.57. The molecule has 0 spiro atoms. The van der Waals surface area contributed by atoms with Gasteiger partial charge in [0.25, 0.3) is 5.91 Å². The van der Waals surface area contributed by atoms with Crippen molar-refractivity contribution in [2.75, 3.05) is 20.2 Å². The summed E-state index contributed by atoms with van der Waals surface area (Å²) in [6.45, 7) is 10.1. The lowest BCUT2D eigenvalue weighted by Crippen LogP contribution is -2.45. The molecule has 6 heterocycles. The summed E-state index contributed by atoms with van der Waals surface area (Å²) in [5.74, 6) is 0.574. The van der Waals surface area contributed by atoms with Crippen molar-refractivity contribution < 1.29 is 14.3 Å². The van der Waals surface area contributed by atoms with Crippen molar-refractivity contribution >= 4 is 28.5 Å². The van der Waals surface area contributed by atoms with Gasteiger partial charge in [-0.05, 0) is 63.8 Å². The molecule has 2 aliphatic heterocycles. The Morgan fingerprint density at radius 2 is 1.91 bits per heavy atom. The van der Waals surface area contributed by atoms with Crippen LogP contribution in [-0.2, 0) is 11.3 Å². The zero-order valence-electron chi connectivity index (χ0n) is 25.9. The van der Waals surface area contributed by atoms with E-state index >= 15 is 0 Å². The van der Waals surface area contributed by atoms with Crippen molar-refractivity contribution in [3.05, 3.63) is 47.3 Å². The standard InChI is InChI=1S/C33H43N7O3/c1-20-25-12-11-22-16-26(39(30(22)36-25)15-8-6-7-13-33(3,4)32(42)35-20)29-21(2)40-27(37-29)17-23(18-28(40)43-5)31(41)38-14-9-10-24(34)19-38/h11-12,16-18,20,24H,6-10,13-15,19,34H2,1-5H3,(H,35,42)/t20-,24-/m1/s1. The maximum Gasteiger partial charge on any atom is 0.254 e. The van der Waals surface area contributed by atoms with E-state index in [-0.39, 0.29) is 23.9 Å². The molecule has 4 aromatic rings. The number of aromatic nitrogens is 4. The van der Waals surface area contributed by atoms with Gasteiger partial charge in [-0.2, -0.15) is 0 Å². The molecular weight excluding hydrogens is 542 g/mol. The molecule has 43 heavy (non-hydrogen) atoms. The van der Waals surface area contributed by atoms with Crippen molar-refractivity contribution in [2.24, 2.45) is 11.1 Å². The van der Waals surface area contributed by atoms with E-state index in [1.165, 1.54) is 0 Å². The average molecular weight is 586 g/mol. The Hall–Kier alpha value is -3.92. The second kappa shape index (κ2) is 11.3. The monoisotopic (exact) mass is 585 g/mol. The van der Waals surface area contributed by atoms with Crippen LogP contribution < -0.4 is 15.8 Å². The molecule has 10 heteroatoms. The van der Waals surface area contributed by atoms with Crippen LogP contribution in [0.15, 0.2) is 30.3 Å². The molecule has 0 aliphatic carbocycles. The smallest absolute Gasteiger partial charge is 0.254 e. The van der Waals surface area contributed by atoms with E-state index in [2.05, 4.69) is 22.0 Å². The molecule has 2 atom stereocenters. The molecule has 10 nitrogen and oxygen atoms in total. The first-order valence-electron chi connectivity index (χ1n) is 15.5. The molecule has 1 fully saturated rings. The van der Waals surface area contributed by atoms with Gasteiger partial charge < -0.3 is 25.3 Å². The summed E-state index contributed by atoms with van der Waals surface area (Å²) in [4.78, 5) is 38.5. The summed E-state index contributed by atoms with van der Waals surface area (Å²) in [7, 11) is 1.62. The van der Waals surface area contributed by atoms with Crippen LogP contribution in [0.1, 0.15) is 87.1 Å². The summed E-state index contributed by atoms with van der Waals surface area (Å²) >= 11 is 0. The Balaban J connectivity index is 1.44. The number of fused-ring (bicyclic) bond motifs is 2. The first-order valence-corrected chi connectivity index (χ1v) is 15.5. The Morgan fingerprint density at radius 1 is 1.09 bits per heavy atom. The van der Waals surface area contributed by atoms with Crippen molar-refractivity contribution in [1.29, 1.82) is 0 Å². The van der Waals surface area contributed by atoms with E-state index in [9.17, 15) is 9.59 Å². The third-order valence-corrected chi connectivity index (χ3v) is 9.22. The Morgan fingerprint density at radius 3 is 2.67 bits per heavy atom. The number of ether oxygens (including phenoxy) is 1. The molecule has 2 amide bonds. The third-order valence-electron chi connectivity index (χ3n) is 9.22. The predicted molar refractivity (Wildman–Crippen MR) is 167 cm³/mol. The molecule has 4 aromatic heterocycles. The largest absolute Gasteiger partial charge is 0.482 e. The number of piperidine rings is 1. The number of nitrogens with two attached hydrogens (primary N) is 1. The Kier molecular flexibility index (Phi) is 7.66. The van der Waals surface area contributed by atoms with Crippen LogP contribution in [0.4, 0.5) is 0 Å². The molecule has 6 rings (SSSR count). The number of amides is 2. The van der Waals surface area contributed by atoms with Crippen molar-refractivity contribution in [3.8, 4) is 17.3 Å². The second-order valence-corrected chi connectivity index (χ2v) is 12.9. The van der Waals surface area contributed by atoms with Crippen LogP contribution in [0.2, 0.25) is 0 Å². The fraction of sp³-hybridized carbons (Fsp3) is 0.515. The number of rotatable bonds is 3. The molecule has 0 radical (unpaired) electrons. The zero-order chi connectivity index (χ0) is 30.5. The van der Waals surface area contributed by atoms with Crippen LogP contribution in [-0.4, -0.2) is 61.9 Å². The van der Waals surface area contributed by atoms with E-state index in [1.807, 2.05) is 49.1 Å². The normalized spacial score (nSPS) is 21.3. The first-order chi connectivity index (χ1) is 20.6. The van der Waals surface area contributed by atoms with Gasteiger partial charge in [0.15, 0.2) is 5.88 Å². The summed E-state index contributed by atoms with van der Waals surface area (Å²) < 4.78 is 10.0. The van der Waals surface area contributed by atoms with Crippen LogP contribution in [0.5, 0.6) is 5.88 Å². The highest BCUT2D eigenvalue weighted by molar-refractivity contribution is 5.96. The minimum absolute atomic E-state index is 0.00350. The predicted octanol–water partition coefficient (Wildman–Crippen LogP) is 5.01. The summed E-state index contributed by atoms with van der Waals surface area (Å²) in [5, 5.41) is 4.21. The fourth-order valence-corrected chi connectivity index (χ4v) is 6.57. The van der Waals surface area contributed by atoms with Gasteiger partial charge in [0.05, 0.1) is 30.2 Å². The Labute approximate surface area is 252 Å². The lowest BCUT2D eigenvalue weighted by atomic mass is 9.85. The topological polar surface area (TPSA) is 120 Å². The van der Waals surface area contributed by atoms with Crippen LogP contribution in [0, 0.1) is 12.3 Å². The molecule has 0 aromatic carbocycles. The van der Waals surface area contributed by atoms with E-state index < -0.39 is 5.41 Å². The van der Waals surface area contributed by atoms with Gasteiger partial charge in [-0.15, -0.1) is 0 Å². The van der Waals surface area contributed by atoms with Crippen LogP contribution in [0.25, 0.3) is 28.1 Å². The number of nitrogens with one attached hydrogen (secondary N) is 1. The number of pyridine rings is 2. The highest BCUT2D eigenvalue weighted by Gasteiger charge is 2.30. The molecular formula is C33H43N7O3. The number of nitrogens with zero attached hydrogens (tertiary/aromatic N) is 5. The number of carbonyl (C=O) groups excluding carboxylic acids is 2. The van der Waals surface area contributed by atoms with E-state index in [4.69, 9.17) is 20.4 Å². The van der Waals surface area contributed by atoms with E-state index in [0.717, 1.165) is 78.9 Å². The van der Waals surface area contributed by atoms with Crippen molar-refractivity contribution in [2.45, 2.75) is 84.8 Å². The lowest BCUT2D eigenvalue weighted by Gasteiger charge is -2.30. The molecule has 2 bridgehead atoms. The molecule has 0 saturated carbocycles. The maximum atomic E-state index is 13.5.